The SMILES string of the molecule is CN1C(=O)C(CC(=O)Nc2ccccc2F)SC1=Nc1ccc(Br)cc1. The van der Waals surface area contributed by atoms with Gasteiger partial charge in [0, 0.05) is 17.9 Å². The van der Waals surface area contributed by atoms with Gasteiger partial charge in [-0.2, -0.15) is 0 Å². The largest absolute Gasteiger partial charge is 0.324 e. The van der Waals surface area contributed by atoms with Gasteiger partial charge in [-0.3, -0.25) is 14.5 Å². The zero-order chi connectivity index (χ0) is 18.7. The molecule has 1 atom stereocenters. The number of para-hydroxylation sites is 1. The Balaban J connectivity index is 1.67. The maximum absolute atomic E-state index is 13.6. The molecule has 2 amide bonds. The number of rotatable bonds is 4. The van der Waals surface area contributed by atoms with Crippen LogP contribution in [0.1, 0.15) is 6.42 Å². The van der Waals surface area contributed by atoms with Gasteiger partial charge in [0.15, 0.2) is 5.17 Å². The number of amides is 2. The van der Waals surface area contributed by atoms with E-state index in [1.54, 1.807) is 19.2 Å². The Kier molecular flexibility index (Phi) is 5.73. The molecule has 134 valence electrons. The molecular formula is C18H15BrFN3O2S. The molecule has 1 aliphatic rings. The predicted molar refractivity (Wildman–Crippen MR) is 105 cm³/mol. The fourth-order valence-corrected chi connectivity index (χ4v) is 3.77. The number of benzene rings is 2. The van der Waals surface area contributed by atoms with E-state index in [1.807, 2.05) is 24.3 Å². The number of carbonyl (C=O) groups is 2. The van der Waals surface area contributed by atoms with Crippen molar-refractivity contribution in [3.05, 3.63) is 58.8 Å². The first kappa shape index (κ1) is 18.6. The highest BCUT2D eigenvalue weighted by Gasteiger charge is 2.37. The fourth-order valence-electron chi connectivity index (χ4n) is 2.36. The lowest BCUT2D eigenvalue weighted by Crippen LogP contribution is -2.30. The van der Waals surface area contributed by atoms with Crippen molar-refractivity contribution in [3.63, 3.8) is 0 Å². The van der Waals surface area contributed by atoms with Gasteiger partial charge >= 0.3 is 0 Å². The third-order valence-corrected chi connectivity index (χ3v) is 5.47. The first-order valence-electron chi connectivity index (χ1n) is 7.77. The van der Waals surface area contributed by atoms with Crippen LogP contribution >= 0.6 is 27.7 Å². The lowest BCUT2D eigenvalue weighted by Gasteiger charge is -2.09. The minimum atomic E-state index is -0.582. The maximum atomic E-state index is 13.6. The van der Waals surface area contributed by atoms with Crippen LogP contribution in [0.2, 0.25) is 0 Å². The highest BCUT2D eigenvalue weighted by atomic mass is 79.9. The summed E-state index contributed by atoms with van der Waals surface area (Å²) in [6, 6.07) is 13.3. The maximum Gasteiger partial charge on any atom is 0.242 e. The zero-order valence-corrected chi connectivity index (χ0v) is 16.2. The number of nitrogens with one attached hydrogen (secondary N) is 1. The molecule has 5 nitrogen and oxygen atoms in total. The molecule has 0 saturated carbocycles. The van der Waals surface area contributed by atoms with Gasteiger partial charge in [-0.15, -0.1) is 0 Å². The van der Waals surface area contributed by atoms with E-state index in [0.717, 1.165) is 4.47 Å². The zero-order valence-electron chi connectivity index (χ0n) is 13.8. The van der Waals surface area contributed by atoms with Gasteiger partial charge in [-0.1, -0.05) is 39.8 Å². The highest BCUT2D eigenvalue weighted by molar-refractivity contribution is 9.10. The molecule has 1 aliphatic heterocycles. The Morgan fingerprint density at radius 2 is 1.96 bits per heavy atom. The van der Waals surface area contributed by atoms with Gasteiger partial charge in [0.05, 0.1) is 11.4 Å². The lowest BCUT2D eigenvalue weighted by molar-refractivity contribution is -0.127. The molecule has 1 N–H and O–H groups in total. The van der Waals surface area contributed by atoms with Crippen molar-refractivity contribution in [1.29, 1.82) is 0 Å². The van der Waals surface area contributed by atoms with Crippen LogP contribution in [0.5, 0.6) is 0 Å². The standard InChI is InChI=1S/C18H15BrFN3O2S/c1-23-17(25)15(10-16(24)22-14-5-3-2-4-13(14)20)26-18(23)21-12-8-6-11(19)7-9-12/h2-9,15H,10H2,1H3,(H,22,24). The number of aliphatic imine (C=N–C) groups is 1. The average molecular weight is 436 g/mol. The Morgan fingerprint density at radius 1 is 1.27 bits per heavy atom. The molecule has 3 rings (SSSR count). The van der Waals surface area contributed by atoms with E-state index in [9.17, 15) is 14.0 Å². The summed E-state index contributed by atoms with van der Waals surface area (Å²) in [5, 5.41) is 2.45. The Labute approximate surface area is 162 Å². The minimum Gasteiger partial charge on any atom is -0.324 e. The van der Waals surface area contributed by atoms with E-state index in [-0.39, 0.29) is 18.0 Å². The second-order valence-electron chi connectivity index (χ2n) is 5.61. The number of carbonyl (C=O) groups excluding carboxylic acids is 2. The van der Waals surface area contributed by atoms with Crippen molar-refractivity contribution >= 4 is 56.0 Å². The van der Waals surface area contributed by atoms with E-state index in [2.05, 4.69) is 26.2 Å². The third kappa shape index (κ3) is 4.31. The summed E-state index contributed by atoms with van der Waals surface area (Å²) in [6.45, 7) is 0. The number of hydrogen-bond acceptors (Lipinski definition) is 4. The van der Waals surface area contributed by atoms with Crippen LogP contribution in [0.25, 0.3) is 0 Å². The van der Waals surface area contributed by atoms with Crippen molar-refractivity contribution in [3.8, 4) is 0 Å². The monoisotopic (exact) mass is 435 g/mol. The summed E-state index contributed by atoms with van der Waals surface area (Å²) in [5.74, 6) is -1.13. The predicted octanol–water partition coefficient (Wildman–Crippen LogP) is 4.18. The van der Waals surface area contributed by atoms with Crippen LogP contribution in [0, 0.1) is 5.82 Å². The molecule has 2 aromatic carbocycles. The first-order chi connectivity index (χ1) is 12.4. The van der Waals surface area contributed by atoms with Crippen LogP contribution in [0.4, 0.5) is 15.8 Å². The number of anilines is 1. The van der Waals surface area contributed by atoms with Gasteiger partial charge in [0.25, 0.3) is 0 Å². The highest BCUT2D eigenvalue weighted by Crippen LogP contribution is 2.31. The third-order valence-electron chi connectivity index (χ3n) is 3.71. The summed E-state index contributed by atoms with van der Waals surface area (Å²) in [5.41, 5.74) is 0.817. The molecule has 0 aromatic heterocycles. The summed E-state index contributed by atoms with van der Waals surface area (Å²) >= 11 is 4.59. The number of hydrogen-bond donors (Lipinski definition) is 1. The molecule has 0 spiro atoms. The van der Waals surface area contributed by atoms with Crippen molar-refractivity contribution in [1.82, 2.24) is 4.90 Å². The van der Waals surface area contributed by atoms with Crippen LogP contribution in [0.3, 0.4) is 0 Å². The quantitative estimate of drug-likeness (QED) is 0.783. The van der Waals surface area contributed by atoms with E-state index in [0.29, 0.717) is 10.9 Å². The molecule has 1 heterocycles. The van der Waals surface area contributed by atoms with E-state index in [1.165, 1.54) is 28.8 Å². The van der Waals surface area contributed by atoms with Gasteiger partial charge in [0.1, 0.15) is 11.1 Å². The number of thioether (sulfide) groups is 1. The number of nitrogens with zero attached hydrogens (tertiary/aromatic N) is 2. The van der Waals surface area contributed by atoms with Crippen molar-refractivity contribution in [2.75, 3.05) is 12.4 Å². The van der Waals surface area contributed by atoms with Gasteiger partial charge in [-0.25, -0.2) is 9.38 Å². The average Bonchev–Trinajstić information content (AvgIpc) is 2.87. The molecular weight excluding hydrogens is 421 g/mol. The summed E-state index contributed by atoms with van der Waals surface area (Å²) in [7, 11) is 1.63. The number of halogens is 2. The second kappa shape index (κ2) is 8.01. The molecule has 1 unspecified atom stereocenters. The van der Waals surface area contributed by atoms with E-state index < -0.39 is 17.0 Å². The molecule has 8 heteroatoms. The van der Waals surface area contributed by atoms with Crippen molar-refractivity contribution in [2.45, 2.75) is 11.7 Å². The normalized spacial score (nSPS) is 18.4. The van der Waals surface area contributed by atoms with Crippen molar-refractivity contribution in [2.24, 2.45) is 4.99 Å². The Morgan fingerprint density at radius 3 is 2.65 bits per heavy atom. The molecule has 26 heavy (non-hydrogen) atoms. The molecule has 0 radical (unpaired) electrons. The van der Waals surface area contributed by atoms with E-state index in [4.69, 9.17) is 0 Å². The molecule has 1 fully saturated rings. The topological polar surface area (TPSA) is 61.8 Å². The minimum absolute atomic E-state index is 0.0540. The molecule has 0 bridgehead atoms. The van der Waals surface area contributed by atoms with Crippen LogP contribution in [-0.4, -0.2) is 34.2 Å². The van der Waals surface area contributed by atoms with Crippen LogP contribution < -0.4 is 5.32 Å². The lowest BCUT2D eigenvalue weighted by atomic mass is 10.2. The second-order valence-corrected chi connectivity index (χ2v) is 7.69. The van der Waals surface area contributed by atoms with Gasteiger partial charge in [0.2, 0.25) is 11.8 Å². The summed E-state index contributed by atoms with van der Waals surface area (Å²) in [6.07, 6.45) is -0.0540. The Hall–Kier alpha value is -2.19. The fraction of sp³-hybridized carbons (Fsp3) is 0.167. The number of amidine groups is 1. The van der Waals surface area contributed by atoms with Gasteiger partial charge < -0.3 is 5.32 Å². The van der Waals surface area contributed by atoms with Gasteiger partial charge in [-0.05, 0) is 36.4 Å². The van der Waals surface area contributed by atoms with E-state index >= 15 is 0 Å². The van der Waals surface area contributed by atoms with Crippen LogP contribution in [0.15, 0.2) is 58.0 Å². The molecule has 1 saturated heterocycles. The first-order valence-corrected chi connectivity index (χ1v) is 9.44. The summed E-state index contributed by atoms with van der Waals surface area (Å²) < 4.78 is 14.6. The molecule has 0 aliphatic carbocycles. The Bertz CT molecular complexity index is 873. The van der Waals surface area contributed by atoms with Crippen molar-refractivity contribution < 1.29 is 14.0 Å². The molecule has 2 aromatic rings. The smallest absolute Gasteiger partial charge is 0.242 e. The van der Waals surface area contributed by atoms with Crippen LogP contribution in [-0.2, 0) is 9.59 Å². The summed E-state index contributed by atoms with van der Waals surface area (Å²) in [4.78, 5) is 30.4.